The summed E-state index contributed by atoms with van der Waals surface area (Å²) in [5, 5.41) is 21.8. The fourth-order valence-electron chi connectivity index (χ4n) is 0.832. The Balaban J connectivity index is 2.93. The first-order chi connectivity index (χ1) is 5.72. The van der Waals surface area contributed by atoms with Crippen LogP contribution in [0.2, 0.25) is 0 Å². The maximum atomic E-state index is 9.05. The minimum atomic E-state index is 0.0209. The molecule has 4 nitrogen and oxygen atoms in total. The van der Waals surface area contributed by atoms with Gasteiger partial charge in [-0.2, -0.15) is 5.10 Å². The molecule has 3 N–H and O–H groups in total. The average molecular weight is 166 g/mol. The third-order valence-electron chi connectivity index (χ3n) is 1.27. The van der Waals surface area contributed by atoms with Crippen molar-refractivity contribution >= 4 is 6.21 Å². The molecular weight excluding hydrogens is 156 g/mol. The quantitative estimate of drug-likeness (QED) is 0.446. The lowest BCUT2D eigenvalue weighted by molar-refractivity contribution is 0.450. The van der Waals surface area contributed by atoms with Crippen molar-refractivity contribution in [3.63, 3.8) is 0 Å². The largest absolute Gasteiger partial charge is 0.508 e. The van der Waals surface area contributed by atoms with Crippen molar-refractivity contribution in [1.82, 2.24) is 5.43 Å². The van der Waals surface area contributed by atoms with Crippen molar-refractivity contribution in [2.24, 2.45) is 5.10 Å². The molecule has 12 heavy (non-hydrogen) atoms. The zero-order chi connectivity index (χ0) is 8.97. The summed E-state index contributed by atoms with van der Waals surface area (Å²) >= 11 is 0. The summed E-state index contributed by atoms with van der Waals surface area (Å²) in [6.45, 7) is 0. The summed E-state index contributed by atoms with van der Waals surface area (Å²) in [5.74, 6) is 0.0418. The average Bonchev–Trinajstić information content (AvgIpc) is 1.99. The van der Waals surface area contributed by atoms with Crippen LogP contribution in [-0.4, -0.2) is 23.5 Å². The Morgan fingerprint density at radius 2 is 1.83 bits per heavy atom. The number of phenols is 2. The first kappa shape index (κ1) is 8.39. The topological polar surface area (TPSA) is 64.9 Å². The molecule has 0 fully saturated rings. The van der Waals surface area contributed by atoms with Crippen molar-refractivity contribution in [1.29, 1.82) is 0 Å². The summed E-state index contributed by atoms with van der Waals surface area (Å²) < 4.78 is 0. The van der Waals surface area contributed by atoms with Crippen LogP contribution in [0.1, 0.15) is 5.56 Å². The van der Waals surface area contributed by atoms with E-state index in [1.165, 1.54) is 24.4 Å². The SMILES string of the molecule is CN/N=C/c1cc(O)cc(O)c1. The highest BCUT2D eigenvalue weighted by atomic mass is 16.3. The van der Waals surface area contributed by atoms with Crippen molar-refractivity contribution in [2.75, 3.05) is 7.05 Å². The van der Waals surface area contributed by atoms with Gasteiger partial charge in [0.05, 0.1) is 6.21 Å². The van der Waals surface area contributed by atoms with E-state index >= 15 is 0 Å². The standard InChI is InChI=1S/C8H10N2O2/c1-9-10-5-6-2-7(11)4-8(12)3-6/h2-5,9,11-12H,1H3/b10-5+. The fourth-order valence-corrected chi connectivity index (χ4v) is 0.832. The van der Waals surface area contributed by atoms with Crippen LogP contribution in [0.4, 0.5) is 0 Å². The Morgan fingerprint density at radius 1 is 1.25 bits per heavy atom. The molecule has 4 heteroatoms. The molecule has 0 heterocycles. The van der Waals surface area contributed by atoms with E-state index in [2.05, 4.69) is 10.5 Å². The van der Waals surface area contributed by atoms with E-state index in [0.29, 0.717) is 5.56 Å². The van der Waals surface area contributed by atoms with Gasteiger partial charge in [-0.1, -0.05) is 0 Å². The number of hydrogen-bond acceptors (Lipinski definition) is 4. The lowest BCUT2D eigenvalue weighted by atomic mass is 10.2. The van der Waals surface area contributed by atoms with Crippen LogP contribution in [0, 0.1) is 0 Å². The Bertz CT molecular complexity index is 277. The molecule has 0 saturated carbocycles. The van der Waals surface area contributed by atoms with Crippen LogP contribution < -0.4 is 5.43 Å². The molecule has 0 atom stereocenters. The monoisotopic (exact) mass is 166 g/mol. The molecule has 0 aliphatic heterocycles. The summed E-state index contributed by atoms with van der Waals surface area (Å²) in [6.07, 6.45) is 1.50. The number of nitrogens with one attached hydrogen (secondary N) is 1. The Hall–Kier alpha value is -1.71. The molecule has 1 rings (SSSR count). The molecule has 0 aliphatic carbocycles. The number of phenolic OH excluding ortho intramolecular Hbond substituents is 2. The normalized spacial score (nSPS) is 10.4. The van der Waals surface area contributed by atoms with Gasteiger partial charge in [0.2, 0.25) is 0 Å². The van der Waals surface area contributed by atoms with Gasteiger partial charge >= 0.3 is 0 Å². The van der Waals surface area contributed by atoms with Gasteiger partial charge in [-0.05, 0) is 12.1 Å². The van der Waals surface area contributed by atoms with Crippen LogP contribution in [0.15, 0.2) is 23.3 Å². The summed E-state index contributed by atoms with van der Waals surface area (Å²) in [4.78, 5) is 0. The molecule has 0 bridgehead atoms. The van der Waals surface area contributed by atoms with Crippen LogP contribution in [0.5, 0.6) is 11.5 Å². The lowest BCUT2D eigenvalue weighted by Crippen LogP contribution is -1.94. The highest BCUT2D eigenvalue weighted by Gasteiger charge is 1.95. The summed E-state index contributed by atoms with van der Waals surface area (Å²) in [7, 11) is 1.67. The zero-order valence-corrected chi connectivity index (χ0v) is 6.65. The molecular formula is C8H10N2O2. The molecule has 0 aromatic heterocycles. The van der Waals surface area contributed by atoms with E-state index in [4.69, 9.17) is 10.2 Å². The molecule has 0 radical (unpaired) electrons. The van der Waals surface area contributed by atoms with Crippen LogP contribution in [0.3, 0.4) is 0 Å². The van der Waals surface area contributed by atoms with E-state index in [0.717, 1.165) is 0 Å². The first-order valence-electron chi connectivity index (χ1n) is 3.45. The molecule has 1 aromatic rings. The second-order valence-electron chi connectivity index (χ2n) is 2.26. The second-order valence-corrected chi connectivity index (χ2v) is 2.26. The molecule has 1 aromatic carbocycles. The van der Waals surface area contributed by atoms with Gasteiger partial charge in [-0.25, -0.2) is 0 Å². The van der Waals surface area contributed by atoms with Gasteiger partial charge in [0.15, 0.2) is 0 Å². The van der Waals surface area contributed by atoms with E-state index in [1.54, 1.807) is 7.05 Å². The number of benzene rings is 1. The van der Waals surface area contributed by atoms with Gasteiger partial charge in [-0.15, -0.1) is 0 Å². The van der Waals surface area contributed by atoms with Crippen LogP contribution in [0.25, 0.3) is 0 Å². The van der Waals surface area contributed by atoms with Gasteiger partial charge in [0.25, 0.3) is 0 Å². The van der Waals surface area contributed by atoms with E-state index < -0.39 is 0 Å². The minimum absolute atomic E-state index is 0.0209. The number of hydrazone groups is 1. The number of nitrogens with zero attached hydrogens (tertiary/aromatic N) is 1. The van der Waals surface area contributed by atoms with E-state index in [9.17, 15) is 0 Å². The molecule has 0 unspecified atom stereocenters. The summed E-state index contributed by atoms with van der Waals surface area (Å²) in [5.41, 5.74) is 3.20. The number of aromatic hydroxyl groups is 2. The van der Waals surface area contributed by atoms with Crippen molar-refractivity contribution in [2.45, 2.75) is 0 Å². The highest BCUT2D eigenvalue weighted by Crippen LogP contribution is 2.18. The predicted molar refractivity (Wildman–Crippen MR) is 46.4 cm³/mol. The van der Waals surface area contributed by atoms with Crippen LogP contribution >= 0.6 is 0 Å². The number of rotatable bonds is 2. The van der Waals surface area contributed by atoms with Crippen LogP contribution in [-0.2, 0) is 0 Å². The maximum absolute atomic E-state index is 9.05. The van der Waals surface area contributed by atoms with E-state index in [-0.39, 0.29) is 11.5 Å². The molecule has 64 valence electrons. The van der Waals surface area contributed by atoms with Gasteiger partial charge in [0, 0.05) is 18.7 Å². The third-order valence-corrected chi connectivity index (χ3v) is 1.27. The second kappa shape index (κ2) is 3.61. The highest BCUT2D eigenvalue weighted by molar-refractivity contribution is 5.80. The first-order valence-corrected chi connectivity index (χ1v) is 3.45. The van der Waals surface area contributed by atoms with Crippen molar-refractivity contribution < 1.29 is 10.2 Å². The Kier molecular flexibility index (Phi) is 2.53. The molecule has 0 spiro atoms. The zero-order valence-electron chi connectivity index (χ0n) is 6.65. The third kappa shape index (κ3) is 2.16. The molecule has 0 aliphatic rings. The minimum Gasteiger partial charge on any atom is -0.508 e. The van der Waals surface area contributed by atoms with Crippen molar-refractivity contribution in [3.8, 4) is 11.5 Å². The number of hydrogen-bond donors (Lipinski definition) is 3. The van der Waals surface area contributed by atoms with E-state index in [1.807, 2.05) is 0 Å². The van der Waals surface area contributed by atoms with Gasteiger partial charge in [-0.3, -0.25) is 0 Å². The Labute approximate surface area is 70.2 Å². The fraction of sp³-hybridized carbons (Fsp3) is 0.125. The van der Waals surface area contributed by atoms with Crippen molar-refractivity contribution in [3.05, 3.63) is 23.8 Å². The van der Waals surface area contributed by atoms with Gasteiger partial charge in [0.1, 0.15) is 11.5 Å². The summed E-state index contributed by atoms with van der Waals surface area (Å²) in [6, 6.07) is 4.26. The maximum Gasteiger partial charge on any atom is 0.119 e. The molecule has 0 amide bonds. The lowest BCUT2D eigenvalue weighted by Gasteiger charge is -1.96. The van der Waals surface area contributed by atoms with Gasteiger partial charge < -0.3 is 15.6 Å². The predicted octanol–water partition coefficient (Wildman–Crippen LogP) is 0.651. The smallest absolute Gasteiger partial charge is 0.119 e. The Morgan fingerprint density at radius 3 is 2.33 bits per heavy atom. The molecule has 0 saturated heterocycles.